The maximum atomic E-state index is 10.0. The highest BCUT2D eigenvalue weighted by Gasteiger charge is 2.21. The number of rotatable bonds is 3. The van der Waals surface area contributed by atoms with Gasteiger partial charge in [0.15, 0.2) is 0 Å². The highest BCUT2D eigenvalue weighted by molar-refractivity contribution is 6.22. The number of benzene rings is 7. The summed E-state index contributed by atoms with van der Waals surface area (Å²) in [7, 11) is 0. The molecule has 0 aliphatic heterocycles. The van der Waals surface area contributed by atoms with Crippen LogP contribution in [-0.4, -0.2) is 9.13 Å². The molecule has 0 spiro atoms. The third kappa shape index (κ3) is 3.49. The Morgan fingerprint density at radius 3 is 1.77 bits per heavy atom. The van der Waals surface area contributed by atoms with E-state index in [0.717, 1.165) is 33.4 Å². The lowest BCUT2D eigenvalue weighted by Gasteiger charge is -2.17. The third-order valence-electron chi connectivity index (χ3n) is 8.93. The SMILES string of the molecule is N#Cc1ccc(-n2c3ccc(-c4ccccc4)cc3c3c4ccccc4ccc32)c(-n2c3ccccc3c3ccccc32)c1. The monoisotopic (exact) mass is 559 g/mol. The fourth-order valence-corrected chi connectivity index (χ4v) is 7.00. The van der Waals surface area contributed by atoms with Crippen LogP contribution in [0, 0.1) is 11.3 Å². The summed E-state index contributed by atoms with van der Waals surface area (Å²) >= 11 is 0. The molecular formula is C41H25N3. The molecule has 2 heterocycles. The zero-order valence-corrected chi connectivity index (χ0v) is 23.8. The van der Waals surface area contributed by atoms with Crippen LogP contribution in [-0.2, 0) is 0 Å². The summed E-state index contributed by atoms with van der Waals surface area (Å²) in [5.74, 6) is 0. The molecule has 0 saturated heterocycles. The quantitative estimate of drug-likeness (QED) is 0.212. The molecule has 3 heteroatoms. The molecule has 2 aromatic heterocycles. The van der Waals surface area contributed by atoms with Crippen LogP contribution in [0.4, 0.5) is 0 Å². The predicted molar refractivity (Wildman–Crippen MR) is 183 cm³/mol. The Kier molecular flexibility index (Phi) is 5.26. The van der Waals surface area contributed by atoms with E-state index in [2.05, 4.69) is 155 Å². The van der Waals surface area contributed by atoms with Crippen LogP contribution in [0.1, 0.15) is 5.56 Å². The molecule has 0 fully saturated rings. The van der Waals surface area contributed by atoms with Crippen LogP contribution < -0.4 is 0 Å². The number of hydrogen-bond donors (Lipinski definition) is 0. The first-order valence-corrected chi connectivity index (χ1v) is 14.8. The van der Waals surface area contributed by atoms with Crippen LogP contribution in [0.3, 0.4) is 0 Å². The predicted octanol–water partition coefficient (Wildman–Crippen LogP) is 10.6. The van der Waals surface area contributed by atoms with Crippen LogP contribution in [0.2, 0.25) is 0 Å². The molecule has 204 valence electrons. The lowest BCUT2D eigenvalue weighted by Crippen LogP contribution is -2.04. The maximum absolute atomic E-state index is 10.0. The number of para-hydroxylation sites is 2. The van der Waals surface area contributed by atoms with Gasteiger partial charge >= 0.3 is 0 Å². The van der Waals surface area contributed by atoms with Crippen molar-refractivity contribution in [2.45, 2.75) is 0 Å². The van der Waals surface area contributed by atoms with E-state index >= 15 is 0 Å². The van der Waals surface area contributed by atoms with Crippen molar-refractivity contribution in [2.75, 3.05) is 0 Å². The number of fused-ring (bicyclic) bond motifs is 8. The topological polar surface area (TPSA) is 33.6 Å². The van der Waals surface area contributed by atoms with Crippen molar-refractivity contribution in [1.82, 2.24) is 9.13 Å². The zero-order valence-electron chi connectivity index (χ0n) is 23.8. The largest absolute Gasteiger partial charge is 0.307 e. The second-order valence-electron chi connectivity index (χ2n) is 11.3. The van der Waals surface area contributed by atoms with Gasteiger partial charge in [-0.1, -0.05) is 103 Å². The molecule has 0 aliphatic rings. The average Bonchev–Trinajstić information content (AvgIpc) is 3.61. The molecule has 9 rings (SSSR count). The Morgan fingerprint density at radius 2 is 1.02 bits per heavy atom. The van der Waals surface area contributed by atoms with E-state index in [1.54, 1.807) is 0 Å². The Labute approximate surface area is 254 Å². The third-order valence-corrected chi connectivity index (χ3v) is 8.93. The van der Waals surface area contributed by atoms with Crippen LogP contribution >= 0.6 is 0 Å². The zero-order chi connectivity index (χ0) is 29.2. The summed E-state index contributed by atoms with van der Waals surface area (Å²) in [5.41, 5.74) is 9.50. The van der Waals surface area contributed by atoms with Gasteiger partial charge in [-0.25, -0.2) is 0 Å². The minimum Gasteiger partial charge on any atom is -0.307 e. The first-order valence-electron chi connectivity index (χ1n) is 14.8. The lowest BCUT2D eigenvalue weighted by atomic mass is 10.0. The molecule has 0 atom stereocenters. The highest BCUT2D eigenvalue weighted by Crippen LogP contribution is 2.41. The van der Waals surface area contributed by atoms with Crippen molar-refractivity contribution in [2.24, 2.45) is 0 Å². The average molecular weight is 560 g/mol. The minimum atomic E-state index is 0.628. The van der Waals surface area contributed by atoms with Crippen molar-refractivity contribution in [3.05, 3.63) is 157 Å². The van der Waals surface area contributed by atoms with E-state index < -0.39 is 0 Å². The van der Waals surface area contributed by atoms with Gasteiger partial charge in [0.2, 0.25) is 0 Å². The molecule has 0 bridgehead atoms. The van der Waals surface area contributed by atoms with Crippen molar-refractivity contribution in [1.29, 1.82) is 5.26 Å². The first-order chi connectivity index (χ1) is 21.8. The number of hydrogen-bond acceptors (Lipinski definition) is 1. The summed E-state index contributed by atoms with van der Waals surface area (Å²) in [4.78, 5) is 0. The number of aromatic nitrogens is 2. The van der Waals surface area contributed by atoms with Gasteiger partial charge in [-0.15, -0.1) is 0 Å². The van der Waals surface area contributed by atoms with Crippen molar-refractivity contribution < 1.29 is 0 Å². The summed E-state index contributed by atoms with van der Waals surface area (Å²) in [5, 5.41) is 17.3. The van der Waals surface area contributed by atoms with E-state index in [-0.39, 0.29) is 0 Å². The van der Waals surface area contributed by atoms with Gasteiger partial charge in [-0.05, 0) is 70.4 Å². The van der Waals surface area contributed by atoms with Crippen molar-refractivity contribution >= 4 is 54.4 Å². The smallest absolute Gasteiger partial charge is 0.0992 e. The summed E-state index contributed by atoms with van der Waals surface area (Å²) in [6, 6.07) is 56.0. The fraction of sp³-hybridized carbons (Fsp3) is 0. The summed E-state index contributed by atoms with van der Waals surface area (Å²) < 4.78 is 4.70. The Balaban J connectivity index is 1.44. The second-order valence-corrected chi connectivity index (χ2v) is 11.3. The molecule has 0 radical (unpaired) electrons. The molecule has 0 unspecified atom stereocenters. The van der Waals surface area contributed by atoms with Gasteiger partial charge in [-0.3, -0.25) is 0 Å². The summed E-state index contributed by atoms with van der Waals surface area (Å²) in [6.45, 7) is 0. The molecule has 0 aliphatic carbocycles. The van der Waals surface area contributed by atoms with Crippen LogP contribution in [0.15, 0.2) is 152 Å². The van der Waals surface area contributed by atoms with Crippen molar-refractivity contribution in [3.63, 3.8) is 0 Å². The molecular weight excluding hydrogens is 534 g/mol. The Hall–Kier alpha value is -6.11. The maximum Gasteiger partial charge on any atom is 0.0992 e. The molecule has 0 saturated carbocycles. The van der Waals surface area contributed by atoms with Gasteiger partial charge in [0.05, 0.1) is 45.1 Å². The number of nitriles is 1. The van der Waals surface area contributed by atoms with Gasteiger partial charge in [0.25, 0.3) is 0 Å². The molecule has 3 nitrogen and oxygen atoms in total. The van der Waals surface area contributed by atoms with E-state index in [1.807, 2.05) is 12.1 Å². The minimum absolute atomic E-state index is 0.628. The molecule has 0 N–H and O–H groups in total. The Morgan fingerprint density at radius 1 is 0.409 bits per heavy atom. The van der Waals surface area contributed by atoms with Crippen molar-refractivity contribution in [3.8, 4) is 28.6 Å². The fourth-order valence-electron chi connectivity index (χ4n) is 7.00. The lowest BCUT2D eigenvalue weighted by molar-refractivity contribution is 1.09. The first kappa shape index (κ1) is 24.5. The molecule has 0 amide bonds. The van der Waals surface area contributed by atoms with E-state index in [0.29, 0.717) is 5.56 Å². The highest BCUT2D eigenvalue weighted by atomic mass is 15.1. The standard InChI is InChI=1S/C41H25N3/c42-26-27-18-21-38(40(24-27)43-35-16-8-6-14-32(35)33-15-7-9-17-36(33)43)44-37-22-20-30(28-10-2-1-3-11-28)25-34(37)41-31-13-5-4-12-29(31)19-23-39(41)44/h1-25H. The van der Waals surface area contributed by atoms with Gasteiger partial charge in [0.1, 0.15) is 0 Å². The second kappa shape index (κ2) is 9.46. The number of nitrogens with zero attached hydrogens (tertiary/aromatic N) is 3. The molecule has 44 heavy (non-hydrogen) atoms. The molecule has 9 aromatic rings. The summed E-state index contributed by atoms with van der Waals surface area (Å²) in [6.07, 6.45) is 0. The molecule has 7 aromatic carbocycles. The van der Waals surface area contributed by atoms with Gasteiger partial charge in [-0.2, -0.15) is 5.26 Å². The van der Waals surface area contributed by atoms with E-state index in [1.165, 1.54) is 43.4 Å². The van der Waals surface area contributed by atoms with Gasteiger partial charge in [0, 0.05) is 21.5 Å². The Bertz CT molecular complexity index is 2560. The van der Waals surface area contributed by atoms with E-state index in [9.17, 15) is 5.26 Å². The van der Waals surface area contributed by atoms with Crippen LogP contribution in [0.25, 0.3) is 76.9 Å². The van der Waals surface area contributed by atoms with Gasteiger partial charge < -0.3 is 9.13 Å². The normalized spacial score (nSPS) is 11.6. The van der Waals surface area contributed by atoms with Crippen LogP contribution in [0.5, 0.6) is 0 Å². The van der Waals surface area contributed by atoms with E-state index in [4.69, 9.17) is 0 Å².